The summed E-state index contributed by atoms with van der Waals surface area (Å²) < 4.78 is 49.6. The van der Waals surface area contributed by atoms with E-state index in [1.165, 1.54) is 25.1 Å². The monoisotopic (exact) mass is 304 g/mol. The van der Waals surface area contributed by atoms with Gasteiger partial charge in [0.1, 0.15) is 0 Å². The molecule has 0 radical (unpaired) electrons. The molecule has 2 unspecified atom stereocenters. The molecule has 1 aromatic rings. The van der Waals surface area contributed by atoms with Crippen molar-refractivity contribution < 1.29 is 32.5 Å². The Hall–Kier alpha value is -1.60. The fourth-order valence-corrected chi connectivity index (χ4v) is 2.37. The molecule has 1 aromatic carbocycles. The van der Waals surface area contributed by atoms with Crippen LogP contribution >= 0.6 is 0 Å². The maximum absolute atomic E-state index is 12.9. The van der Waals surface area contributed by atoms with E-state index >= 15 is 0 Å². The number of ether oxygens (including phenoxy) is 2. The van der Waals surface area contributed by atoms with Crippen LogP contribution in [-0.2, 0) is 26.9 Å². The second-order valence-corrected chi connectivity index (χ2v) is 5.11. The molecule has 116 valence electrons. The number of benzene rings is 1. The van der Waals surface area contributed by atoms with Gasteiger partial charge in [-0.2, -0.15) is 13.2 Å². The fraction of sp³-hybridized carbons (Fsp3) is 0.500. The molecule has 4 nitrogen and oxygen atoms in total. The van der Waals surface area contributed by atoms with E-state index in [2.05, 4.69) is 0 Å². The van der Waals surface area contributed by atoms with Gasteiger partial charge in [-0.05, 0) is 18.6 Å². The smallest absolute Gasteiger partial charge is 0.416 e. The Balaban J connectivity index is 2.14. The summed E-state index contributed by atoms with van der Waals surface area (Å²) in [4.78, 5) is 10.6. The molecule has 0 bridgehead atoms. The third-order valence-electron chi connectivity index (χ3n) is 3.23. The topological polar surface area (TPSA) is 55.8 Å². The van der Waals surface area contributed by atoms with Crippen LogP contribution in [0.1, 0.15) is 24.5 Å². The molecule has 0 spiro atoms. The quantitative estimate of drug-likeness (QED) is 0.929. The van der Waals surface area contributed by atoms with E-state index in [0.29, 0.717) is 0 Å². The molecule has 1 aliphatic heterocycles. The third-order valence-corrected chi connectivity index (χ3v) is 3.23. The van der Waals surface area contributed by atoms with Gasteiger partial charge in [-0.1, -0.05) is 18.2 Å². The van der Waals surface area contributed by atoms with Gasteiger partial charge >= 0.3 is 12.1 Å². The molecule has 2 rings (SSSR count). The number of hydrogen-bond donors (Lipinski definition) is 1. The number of hydrogen-bond acceptors (Lipinski definition) is 3. The summed E-state index contributed by atoms with van der Waals surface area (Å²) in [5, 5.41) is 8.70. The minimum absolute atomic E-state index is 0.0526. The van der Waals surface area contributed by atoms with Crippen LogP contribution in [0.5, 0.6) is 0 Å². The first kappa shape index (κ1) is 15.8. The van der Waals surface area contributed by atoms with Gasteiger partial charge in [0.25, 0.3) is 0 Å². The van der Waals surface area contributed by atoms with Gasteiger partial charge in [0.15, 0.2) is 5.79 Å². The fourth-order valence-electron chi connectivity index (χ4n) is 2.37. The Kier molecular flexibility index (Phi) is 4.25. The van der Waals surface area contributed by atoms with Crippen molar-refractivity contribution in [3.05, 3.63) is 35.4 Å². The van der Waals surface area contributed by atoms with E-state index in [4.69, 9.17) is 14.6 Å². The minimum atomic E-state index is -4.45. The van der Waals surface area contributed by atoms with Gasteiger partial charge in [-0.15, -0.1) is 0 Å². The summed E-state index contributed by atoms with van der Waals surface area (Å²) in [6.45, 7) is 1.57. The van der Waals surface area contributed by atoms with E-state index in [1.807, 2.05) is 0 Å². The molecule has 0 aromatic heterocycles. The second kappa shape index (κ2) is 5.65. The zero-order valence-electron chi connectivity index (χ0n) is 11.3. The molecule has 1 heterocycles. The van der Waals surface area contributed by atoms with Crippen LogP contribution in [0.15, 0.2) is 24.3 Å². The molecule has 7 heteroatoms. The Bertz CT molecular complexity index is 529. The van der Waals surface area contributed by atoms with Gasteiger partial charge < -0.3 is 14.6 Å². The maximum Gasteiger partial charge on any atom is 0.416 e. The van der Waals surface area contributed by atoms with Gasteiger partial charge in [-0.25, -0.2) is 0 Å². The molecule has 21 heavy (non-hydrogen) atoms. The van der Waals surface area contributed by atoms with Gasteiger partial charge in [-0.3, -0.25) is 4.79 Å². The first-order valence-corrected chi connectivity index (χ1v) is 6.38. The van der Waals surface area contributed by atoms with E-state index in [9.17, 15) is 18.0 Å². The molecule has 1 fully saturated rings. The normalized spacial score (nSPS) is 26.0. The molecule has 1 N–H and O–H groups in total. The van der Waals surface area contributed by atoms with Crippen LogP contribution < -0.4 is 0 Å². The Morgan fingerprint density at radius 2 is 2.10 bits per heavy atom. The summed E-state index contributed by atoms with van der Waals surface area (Å²) in [7, 11) is 0. The first-order valence-electron chi connectivity index (χ1n) is 6.38. The highest BCUT2D eigenvalue weighted by atomic mass is 19.4. The SMILES string of the molecule is CC1(Cc2ccccc2C(F)(F)F)OCC(CC(=O)O)O1. The van der Waals surface area contributed by atoms with Crippen LogP contribution in [-0.4, -0.2) is 29.6 Å². The molecule has 0 saturated carbocycles. The lowest BCUT2D eigenvalue weighted by atomic mass is 10.00. The molecule has 0 amide bonds. The van der Waals surface area contributed by atoms with Crippen molar-refractivity contribution in [2.45, 2.75) is 37.8 Å². The highest BCUT2D eigenvalue weighted by Gasteiger charge is 2.41. The summed E-state index contributed by atoms with van der Waals surface area (Å²) in [5.41, 5.74) is -0.677. The van der Waals surface area contributed by atoms with E-state index in [1.54, 1.807) is 0 Å². The van der Waals surface area contributed by atoms with Crippen LogP contribution in [0, 0.1) is 0 Å². The first-order chi connectivity index (χ1) is 9.70. The summed E-state index contributed by atoms with van der Waals surface area (Å²) >= 11 is 0. The Morgan fingerprint density at radius 3 is 2.71 bits per heavy atom. The summed E-state index contributed by atoms with van der Waals surface area (Å²) in [6.07, 6.45) is -5.44. The zero-order valence-corrected chi connectivity index (χ0v) is 11.3. The number of carboxylic acid groups (broad SMARTS) is 1. The van der Waals surface area contributed by atoms with Gasteiger partial charge in [0.05, 0.1) is 24.7 Å². The average molecular weight is 304 g/mol. The van der Waals surface area contributed by atoms with Crippen LogP contribution in [0.3, 0.4) is 0 Å². The van der Waals surface area contributed by atoms with E-state index in [-0.39, 0.29) is 25.0 Å². The molecule has 0 aliphatic carbocycles. The highest BCUT2D eigenvalue weighted by molar-refractivity contribution is 5.67. The molecular weight excluding hydrogens is 289 g/mol. The van der Waals surface area contributed by atoms with Crippen LogP contribution in [0.2, 0.25) is 0 Å². The standard InChI is InChI=1S/C14H15F3O4/c1-13(20-8-10(21-13)6-12(18)19)7-9-4-2-3-5-11(9)14(15,16)17/h2-5,10H,6-8H2,1H3,(H,18,19). The second-order valence-electron chi connectivity index (χ2n) is 5.11. The Labute approximate surface area is 119 Å². The number of alkyl halides is 3. The molecular formula is C14H15F3O4. The number of halogens is 3. The average Bonchev–Trinajstić information content (AvgIpc) is 2.69. The van der Waals surface area contributed by atoms with Crippen molar-refractivity contribution in [2.24, 2.45) is 0 Å². The van der Waals surface area contributed by atoms with Crippen molar-refractivity contribution >= 4 is 5.97 Å². The Morgan fingerprint density at radius 1 is 1.43 bits per heavy atom. The zero-order chi connectivity index (χ0) is 15.7. The number of carbonyl (C=O) groups is 1. The predicted octanol–water partition coefficient (Wildman–Crippen LogP) is 2.85. The largest absolute Gasteiger partial charge is 0.481 e. The number of aliphatic carboxylic acids is 1. The molecule has 2 atom stereocenters. The van der Waals surface area contributed by atoms with Crippen molar-refractivity contribution in [1.82, 2.24) is 0 Å². The van der Waals surface area contributed by atoms with Crippen molar-refractivity contribution in [3.63, 3.8) is 0 Å². The minimum Gasteiger partial charge on any atom is -0.481 e. The number of rotatable bonds is 4. The van der Waals surface area contributed by atoms with Crippen LogP contribution in [0.25, 0.3) is 0 Å². The maximum atomic E-state index is 12.9. The lowest BCUT2D eigenvalue weighted by Gasteiger charge is -2.25. The molecule has 1 saturated heterocycles. The van der Waals surface area contributed by atoms with E-state index in [0.717, 1.165) is 6.07 Å². The van der Waals surface area contributed by atoms with Crippen molar-refractivity contribution in [1.29, 1.82) is 0 Å². The summed E-state index contributed by atoms with van der Waals surface area (Å²) in [6, 6.07) is 5.20. The van der Waals surface area contributed by atoms with E-state index < -0.39 is 29.6 Å². The van der Waals surface area contributed by atoms with Crippen molar-refractivity contribution in [2.75, 3.05) is 6.61 Å². The summed E-state index contributed by atoms with van der Waals surface area (Å²) in [5.74, 6) is -2.29. The third kappa shape index (κ3) is 3.95. The highest BCUT2D eigenvalue weighted by Crippen LogP contribution is 2.36. The predicted molar refractivity (Wildman–Crippen MR) is 66.6 cm³/mol. The van der Waals surface area contributed by atoms with Crippen LogP contribution in [0.4, 0.5) is 13.2 Å². The lowest BCUT2D eigenvalue weighted by Crippen LogP contribution is -2.31. The van der Waals surface area contributed by atoms with Gasteiger partial charge in [0, 0.05) is 6.42 Å². The molecule has 1 aliphatic rings. The van der Waals surface area contributed by atoms with Crippen molar-refractivity contribution in [3.8, 4) is 0 Å². The number of carboxylic acids is 1. The van der Waals surface area contributed by atoms with Gasteiger partial charge in [0.2, 0.25) is 0 Å². The lowest BCUT2D eigenvalue weighted by molar-refractivity contribution is -0.160.